The molecule has 0 aromatic heterocycles. The van der Waals surface area contributed by atoms with Crippen molar-refractivity contribution in [2.45, 2.75) is 76.8 Å². The second-order valence-corrected chi connectivity index (χ2v) is 8.22. The first-order valence-corrected chi connectivity index (χ1v) is 10.1. The van der Waals surface area contributed by atoms with Gasteiger partial charge < -0.3 is 5.32 Å². The second-order valence-electron chi connectivity index (χ2n) is 8.22. The highest BCUT2D eigenvalue weighted by Gasteiger charge is 2.50. The summed E-state index contributed by atoms with van der Waals surface area (Å²) >= 11 is 0. The summed E-state index contributed by atoms with van der Waals surface area (Å²) in [4.78, 5) is 50.6. The SMILES string of the molecule is CC(C)C[C@@H]1NC2(CCCCCCC2)C(=O)N(CC(=O)NCC(=O)NO)C1=O. The summed E-state index contributed by atoms with van der Waals surface area (Å²) in [6.45, 7) is 3.18. The van der Waals surface area contributed by atoms with E-state index < -0.39 is 42.4 Å². The number of hydrogen-bond acceptors (Lipinski definition) is 6. The van der Waals surface area contributed by atoms with Crippen LogP contribution in [-0.4, -0.2) is 58.4 Å². The fourth-order valence-corrected chi connectivity index (χ4v) is 4.07. The summed E-state index contributed by atoms with van der Waals surface area (Å²) in [7, 11) is 0. The molecule has 2 fully saturated rings. The zero-order valence-corrected chi connectivity index (χ0v) is 16.8. The van der Waals surface area contributed by atoms with E-state index in [1.807, 2.05) is 13.8 Å². The van der Waals surface area contributed by atoms with E-state index in [9.17, 15) is 19.2 Å². The van der Waals surface area contributed by atoms with Crippen molar-refractivity contribution in [1.29, 1.82) is 0 Å². The Bertz CT molecular complexity index is 599. The predicted octanol–water partition coefficient (Wildman–Crippen LogP) is 0.464. The molecule has 28 heavy (non-hydrogen) atoms. The van der Waals surface area contributed by atoms with Gasteiger partial charge in [-0.2, -0.15) is 0 Å². The zero-order chi connectivity index (χ0) is 20.7. The second kappa shape index (κ2) is 9.97. The van der Waals surface area contributed by atoms with Crippen molar-refractivity contribution in [2.24, 2.45) is 5.92 Å². The molecule has 0 bridgehead atoms. The lowest BCUT2D eigenvalue weighted by Gasteiger charge is -2.46. The van der Waals surface area contributed by atoms with E-state index in [0.717, 1.165) is 37.0 Å². The summed E-state index contributed by atoms with van der Waals surface area (Å²) in [5, 5.41) is 14.2. The van der Waals surface area contributed by atoms with Crippen LogP contribution in [0.4, 0.5) is 0 Å². The highest BCUT2D eigenvalue weighted by molar-refractivity contribution is 6.07. The van der Waals surface area contributed by atoms with Crippen molar-refractivity contribution >= 4 is 23.6 Å². The predicted molar refractivity (Wildman–Crippen MR) is 101 cm³/mol. The van der Waals surface area contributed by atoms with Gasteiger partial charge in [-0.05, 0) is 25.2 Å². The van der Waals surface area contributed by atoms with E-state index in [-0.39, 0.29) is 11.8 Å². The average molecular weight is 396 g/mol. The van der Waals surface area contributed by atoms with Gasteiger partial charge in [-0.1, -0.05) is 46.0 Å². The molecular weight excluding hydrogens is 364 g/mol. The van der Waals surface area contributed by atoms with Gasteiger partial charge >= 0.3 is 0 Å². The molecule has 1 heterocycles. The third kappa shape index (κ3) is 5.51. The maximum absolute atomic E-state index is 13.3. The third-order valence-corrected chi connectivity index (χ3v) is 5.46. The van der Waals surface area contributed by atoms with Gasteiger partial charge in [-0.15, -0.1) is 0 Å². The van der Waals surface area contributed by atoms with Gasteiger partial charge in [0.25, 0.3) is 5.91 Å². The summed E-state index contributed by atoms with van der Waals surface area (Å²) in [5.74, 6) is -1.88. The molecule has 1 saturated carbocycles. The highest BCUT2D eigenvalue weighted by Crippen LogP contribution is 2.32. The molecule has 4 N–H and O–H groups in total. The molecule has 9 nitrogen and oxygen atoms in total. The van der Waals surface area contributed by atoms with Gasteiger partial charge in [0.15, 0.2) is 0 Å². The van der Waals surface area contributed by atoms with Gasteiger partial charge in [-0.25, -0.2) is 5.48 Å². The molecule has 0 aromatic rings. The number of hydrogen-bond donors (Lipinski definition) is 4. The minimum atomic E-state index is -0.809. The van der Waals surface area contributed by atoms with E-state index in [2.05, 4.69) is 10.6 Å². The van der Waals surface area contributed by atoms with Crippen LogP contribution < -0.4 is 16.1 Å². The molecule has 1 atom stereocenters. The number of nitrogens with zero attached hydrogens (tertiary/aromatic N) is 1. The van der Waals surface area contributed by atoms with Crippen LogP contribution in [0.1, 0.15) is 65.2 Å². The fraction of sp³-hybridized carbons (Fsp3) is 0.789. The maximum atomic E-state index is 13.3. The zero-order valence-electron chi connectivity index (χ0n) is 16.8. The van der Waals surface area contributed by atoms with Crippen molar-refractivity contribution in [3.05, 3.63) is 0 Å². The Balaban J connectivity index is 2.19. The Kier molecular flexibility index (Phi) is 7.94. The van der Waals surface area contributed by atoms with Crippen LogP contribution in [0.15, 0.2) is 0 Å². The molecule has 158 valence electrons. The summed E-state index contributed by atoms with van der Waals surface area (Å²) in [6.07, 6.45) is 6.94. The van der Waals surface area contributed by atoms with Crippen molar-refractivity contribution in [3.63, 3.8) is 0 Å². The maximum Gasteiger partial charge on any atom is 0.262 e. The summed E-state index contributed by atoms with van der Waals surface area (Å²) < 4.78 is 0. The molecule has 9 heteroatoms. The topological polar surface area (TPSA) is 128 Å². The number of amides is 4. The first-order chi connectivity index (χ1) is 13.3. The largest absolute Gasteiger partial charge is 0.345 e. The lowest BCUT2D eigenvalue weighted by Crippen LogP contribution is -2.71. The lowest BCUT2D eigenvalue weighted by molar-refractivity contribution is -0.160. The van der Waals surface area contributed by atoms with Gasteiger partial charge in [0.05, 0.1) is 18.1 Å². The highest BCUT2D eigenvalue weighted by atomic mass is 16.5. The monoisotopic (exact) mass is 396 g/mol. The summed E-state index contributed by atoms with van der Waals surface area (Å²) in [6, 6.07) is -0.509. The van der Waals surface area contributed by atoms with E-state index >= 15 is 0 Å². The minimum absolute atomic E-state index is 0.254. The Morgan fingerprint density at radius 1 is 1.14 bits per heavy atom. The van der Waals surface area contributed by atoms with Gasteiger partial charge in [0.2, 0.25) is 17.7 Å². The number of imide groups is 1. The van der Waals surface area contributed by atoms with Crippen LogP contribution in [-0.2, 0) is 19.2 Å². The number of hydroxylamine groups is 1. The first kappa shape index (κ1) is 22.3. The van der Waals surface area contributed by atoms with Crippen molar-refractivity contribution in [2.75, 3.05) is 13.1 Å². The van der Waals surface area contributed by atoms with Crippen LogP contribution in [0.25, 0.3) is 0 Å². The average Bonchev–Trinajstić information content (AvgIpc) is 2.63. The van der Waals surface area contributed by atoms with E-state index in [4.69, 9.17) is 5.21 Å². The van der Waals surface area contributed by atoms with Crippen molar-refractivity contribution in [1.82, 2.24) is 21.0 Å². The molecule has 1 saturated heterocycles. The van der Waals surface area contributed by atoms with Crippen molar-refractivity contribution < 1.29 is 24.4 Å². The molecule has 1 spiro atoms. The molecule has 1 aliphatic carbocycles. The minimum Gasteiger partial charge on any atom is -0.345 e. The lowest BCUT2D eigenvalue weighted by atomic mass is 9.79. The first-order valence-electron chi connectivity index (χ1n) is 10.1. The standard InChI is InChI=1S/C19H32N4O5/c1-13(2)10-14-17(26)23(12-16(25)20-11-15(24)22-28)18(27)19(21-14)8-6-4-3-5-7-9-19/h13-14,21,28H,3-12H2,1-2H3,(H,20,25)(H,22,24)/t14-/m0/s1. The fourth-order valence-electron chi connectivity index (χ4n) is 4.07. The van der Waals surface area contributed by atoms with Crippen LogP contribution in [0, 0.1) is 5.92 Å². The molecule has 0 aromatic carbocycles. The molecular formula is C19H32N4O5. The van der Waals surface area contributed by atoms with E-state index in [1.165, 1.54) is 5.48 Å². The molecule has 2 aliphatic rings. The Hall–Kier alpha value is -2.00. The van der Waals surface area contributed by atoms with Crippen LogP contribution in [0.5, 0.6) is 0 Å². The number of carbonyl (C=O) groups excluding carboxylic acids is 4. The van der Waals surface area contributed by atoms with Crippen LogP contribution in [0.3, 0.4) is 0 Å². The normalized spacial score (nSPS) is 22.7. The Morgan fingerprint density at radius 3 is 2.32 bits per heavy atom. The number of rotatable bonds is 6. The van der Waals surface area contributed by atoms with E-state index in [0.29, 0.717) is 19.3 Å². The smallest absolute Gasteiger partial charge is 0.262 e. The van der Waals surface area contributed by atoms with Gasteiger partial charge in [0, 0.05) is 0 Å². The quantitative estimate of drug-likeness (QED) is 0.293. The molecule has 0 unspecified atom stereocenters. The third-order valence-electron chi connectivity index (χ3n) is 5.46. The number of carbonyl (C=O) groups is 4. The van der Waals surface area contributed by atoms with Crippen LogP contribution >= 0.6 is 0 Å². The Morgan fingerprint density at radius 2 is 1.75 bits per heavy atom. The van der Waals surface area contributed by atoms with Crippen LogP contribution in [0.2, 0.25) is 0 Å². The van der Waals surface area contributed by atoms with Gasteiger partial charge in [-0.3, -0.25) is 34.6 Å². The molecule has 4 amide bonds. The number of nitrogens with one attached hydrogen (secondary N) is 3. The molecule has 0 radical (unpaired) electrons. The van der Waals surface area contributed by atoms with Crippen molar-refractivity contribution in [3.8, 4) is 0 Å². The Labute approximate surface area is 165 Å². The van der Waals surface area contributed by atoms with Gasteiger partial charge in [0.1, 0.15) is 6.54 Å². The number of piperazine rings is 1. The van der Waals surface area contributed by atoms with E-state index in [1.54, 1.807) is 0 Å². The molecule has 1 aliphatic heterocycles. The summed E-state index contributed by atoms with van der Waals surface area (Å²) in [5.41, 5.74) is 0.610. The molecule has 2 rings (SSSR count).